The number of hydrogen-bond donors (Lipinski definition) is 0. The van der Waals surface area contributed by atoms with Crippen LogP contribution in [-0.2, 0) is 0 Å². The van der Waals surface area contributed by atoms with Crippen molar-refractivity contribution in [2.24, 2.45) is 0 Å². The minimum atomic E-state index is -0.170. The summed E-state index contributed by atoms with van der Waals surface area (Å²) in [6, 6.07) is 88.8. The third-order valence-corrected chi connectivity index (χ3v) is 18.0. The van der Waals surface area contributed by atoms with Gasteiger partial charge >= 0.3 is 0 Å². The summed E-state index contributed by atoms with van der Waals surface area (Å²) >= 11 is 1.86. The molecule has 5 heterocycles. The van der Waals surface area contributed by atoms with Crippen LogP contribution >= 0.6 is 11.3 Å². The molecule has 4 aliphatic heterocycles. The zero-order chi connectivity index (χ0) is 54.0. The Bertz CT molecular complexity index is 4380. The molecule has 384 valence electrons. The highest BCUT2D eigenvalue weighted by molar-refractivity contribution is 7.26. The molecule has 0 bridgehead atoms. The van der Waals surface area contributed by atoms with E-state index in [1.54, 1.807) is 0 Å². The van der Waals surface area contributed by atoms with Crippen LogP contribution in [0.25, 0.3) is 10.1 Å². The zero-order valence-corrected chi connectivity index (χ0v) is 46.1. The first-order valence-corrected chi connectivity index (χ1v) is 28.7. The van der Waals surface area contributed by atoms with E-state index in [0.717, 1.165) is 107 Å². The lowest BCUT2D eigenvalue weighted by Gasteiger charge is -2.42. The van der Waals surface area contributed by atoms with Crippen LogP contribution in [0.1, 0.15) is 22.3 Å². The molecule has 0 N–H and O–H groups in total. The topological polar surface area (TPSA) is 31.4 Å². The van der Waals surface area contributed by atoms with Gasteiger partial charge in [0.2, 0.25) is 0 Å². The van der Waals surface area contributed by atoms with Crippen LogP contribution in [0.4, 0.5) is 67.6 Å². The molecule has 0 saturated carbocycles. The fourth-order valence-corrected chi connectivity index (χ4v) is 14.3. The second-order valence-corrected chi connectivity index (χ2v) is 23.0. The Hall–Kier alpha value is -9.69. The van der Waals surface area contributed by atoms with Gasteiger partial charge in [-0.2, -0.15) is 0 Å². The van der Waals surface area contributed by atoms with Crippen molar-refractivity contribution in [2.75, 3.05) is 19.6 Å². The Morgan fingerprint density at radius 3 is 1.30 bits per heavy atom. The van der Waals surface area contributed by atoms with Gasteiger partial charge in [-0.1, -0.05) is 150 Å². The first-order valence-electron chi connectivity index (χ1n) is 27.9. The van der Waals surface area contributed by atoms with E-state index in [2.05, 4.69) is 290 Å². The summed E-state index contributed by atoms with van der Waals surface area (Å²) in [6.45, 7) is 8.24. The average molecular weight is 1060 g/mol. The Kier molecular flexibility index (Phi) is 10.8. The number of aryl methyl sites for hydroxylation is 4. The van der Waals surface area contributed by atoms with Crippen molar-refractivity contribution in [1.82, 2.24) is 0 Å². The standard InChI is InChI=1S/C72H52B2N4O2S/c1-45-23-31-51(32-24-45)75(52-33-25-46(2)26-34-52)55-39-62-70-66(41-55)79-64-44-65-60(43-59(64)73(70)58-20-12-13-21-61(58)77(62)49-15-7-5-8-16-49)74-69-57-19-11-14-22-68(57)81-72(69)78(50-17-9-6-10-18-50)63-40-56(42-67(80-65)71(63)74)76(53-35-27-47(3)28-36-53)54-37-29-48(4)30-38-54/h5-44H,1-4H3. The second-order valence-electron chi connectivity index (χ2n) is 22.0. The van der Waals surface area contributed by atoms with E-state index in [4.69, 9.17) is 9.47 Å². The number of benzene rings is 11. The summed E-state index contributed by atoms with van der Waals surface area (Å²) in [5.41, 5.74) is 23.6. The first-order chi connectivity index (χ1) is 39.8. The molecule has 81 heavy (non-hydrogen) atoms. The molecular formula is C72H52B2N4O2S. The third-order valence-electron chi connectivity index (χ3n) is 16.8. The molecule has 11 aromatic carbocycles. The van der Waals surface area contributed by atoms with E-state index in [1.165, 1.54) is 48.3 Å². The average Bonchev–Trinajstić information content (AvgIpc) is 3.25. The van der Waals surface area contributed by atoms with Crippen molar-refractivity contribution in [1.29, 1.82) is 0 Å². The summed E-state index contributed by atoms with van der Waals surface area (Å²) in [7, 11) is 0. The normalized spacial score (nSPS) is 13.0. The molecule has 0 spiro atoms. The Morgan fingerprint density at radius 2 is 0.765 bits per heavy atom. The van der Waals surface area contributed by atoms with Crippen LogP contribution in [0.2, 0.25) is 0 Å². The van der Waals surface area contributed by atoms with Crippen molar-refractivity contribution in [2.45, 2.75) is 27.7 Å². The number of hydrogen-bond acceptors (Lipinski definition) is 7. The van der Waals surface area contributed by atoms with E-state index >= 15 is 0 Å². The SMILES string of the molecule is Cc1ccc(N(c2ccc(C)cc2)c2cc3c4c(c2)N(c2ccccc2)c2ccccc2B4c2cc4c(cc2O3)Oc2cc(N(c3ccc(C)cc3)c3ccc(C)cc3)cc3c2B4c2c(sc4ccccc24)N3c2ccccc2)cc1. The smallest absolute Gasteiger partial charge is 0.258 e. The quantitative estimate of drug-likeness (QED) is 0.141. The highest BCUT2D eigenvalue weighted by Gasteiger charge is 2.48. The molecule has 0 saturated heterocycles. The fourth-order valence-electron chi connectivity index (χ4n) is 13.0. The number of fused-ring (bicyclic) bond motifs is 10. The molecule has 0 amide bonds. The fraction of sp³-hybridized carbons (Fsp3) is 0.0556. The summed E-state index contributed by atoms with van der Waals surface area (Å²) in [6.07, 6.45) is 0. The summed E-state index contributed by atoms with van der Waals surface area (Å²) in [4.78, 5) is 9.65. The molecule has 6 nitrogen and oxygen atoms in total. The summed E-state index contributed by atoms with van der Waals surface area (Å²) in [5, 5.41) is 2.45. The van der Waals surface area contributed by atoms with Crippen LogP contribution in [0, 0.1) is 27.7 Å². The highest BCUT2D eigenvalue weighted by Crippen LogP contribution is 2.51. The number of thiophene rings is 1. The lowest BCUT2D eigenvalue weighted by Crippen LogP contribution is -2.63. The molecule has 12 aromatic rings. The monoisotopic (exact) mass is 1060 g/mol. The lowest BCUT2D eigenvalue weighted by atomic mass is 9.31. The molecule has 0 fully saturated rings. The minimum Gasteiger partial charge on any atom is -0.458 e. The van der Waals surface area contributed by atoms with E-state index in [9.17, 15) is 0 Å². The molecule has 0 unspecified atom stereocenters. The first kappa shape index (κ1) is 47.3. The molecule has 16 rings (SSSR count). The Balaban J connectivity index is 0.947. The van der Waals surface area contributed by atoms with Crippen molar-refractivity contribution in [3.05, 3.63) is 265 Å². The maximum atomic E-state index is 7.57. The predicted molar refractivity (Wildman–Crippen MR) is 342 cm³/mol. The van der Waals surface area contributed by atoms with Crippen molar-refractivity contribution in [3.63, 3.8) is 0 Å². The number of ether oxygens (including phenoxy) is 2. The van der Waals surface area contributed by atoms with Gasteiger partial charge in [-0.25, -0.2) is 0 Å². The third kappa shape index (κ3) is 7.56. The van der Waals surface area contributed by atoms with Gasteiger partial charge in [0.05, 0.1) is 16.4 Å². The van der Waals surface area contributed by atoms with Gasteiger partial charge in [0, 0.05) is 74.1 Å². The molecule has 9 heteroatoms. The van der Waals surface area contributed by atoms with Crippen molar-refractivity contribution >= 4 is 135 Å². The van der Waals surface area contributed by atoms with E-state index in [1.807, 2.05) is 11.3 Å². The van der Waals surface area contributed by atoms with Crippen LogP contribution in [-0.4, -0.2) is 13.4 Å². The van der Waals surface area contributed by atoms with E-state index in [0.29, 0.717) is 0 Å². The van der Waals surface area contributed by atoms with Gasteiger partial charge in [-0.3, -0.25) is 0 Å². The van der Waals surface area contributed by atoms with Crippen LogP contribution in [0.15, 0.2) is 243 Å². The van der Waals surface area contributed by atoms with Crippen molar-refractivity contribution in [3.8, 4) is 23.0 Å². The van der Waals surface area contributed by atoms with E-state index in [-0.39, 0.29) is 13.4 Å². The van der Waals surface area contributed by atoms with Crippen LogP contribution < -0.4 is 61.9 Å². The highest BCUT2D eigenvalue weighted by atomic mass is 32.1. The Morgan fingerprint density at radius 1 is 0.333 bits per heavy atom. The number of anilines is 12. The molecule has 0 aliphatic carbocycles. The van der Waals surface area contributed by atoms with E-state index < -0.39 is 0 Å². The Labute approximate surface area is 477 Å². The van der Waals surface area contributed by atoms with Gasteiger partial charge in [0.15, 0.2) is 0 Å². The van der Waals surface area contributed by atoms with Gasteiger partial charge in [0.25, 0.3) is 13.4 Å². The van der Waals surface area contributed by atoms with Gasteiger partial charge in [-0.05, 0) is 163 Å². The largest absolute Gasteiger partial charge is 0.458 e. The van der Waals surface area contributed by atoms with Crippen LogP contribution in [0.5, 0.6) is 23.0 Å². The van der Waals surface area contributed by atoms with Crippen molar-refractivity contribution < 1.29 is 9.47 Å². The van der Waals surface area contributed by atoms with Crippen LogP contribution in [0.3, 0.4) is 0 Å². The molecule has 0 radical (unpaired) electrons. The van der Waals surface area contributed by atoms with Gasteiger partial charge in [0.1, 0.15) is 23.0 Å². The lowest BCUT2D eigenvalue weighted by molar-refractivity contribution is 0.466. The maximum absolute atomic E-state index is 7.57. The predicted octanol–water partition coefficient (Wildman–Crippen LogP) is 15.9. The minimum absolute atomic E-state index is 0.162. The molecular weight excluding hydrogens is 1010 g/mol. The van der Waals surface area contributed by atoms with Gasteiger partial charge in [-0.15, -0.1) is 11.3 Å². The zero-order valence-electron chi connectivity index (χ0n) is 45.3. The maximum Gasteiger partial charge on any atom is 0.258 e. The molecule has 1 aromatic heterocycles. The van der Waals surface area contributed by atoms with Gasteiger partial charge < -0.3 is 29.1 Å². The summed E-state index contributed by atoms with van der Waals surface area (Å²) in [5.74, 6) is 3.21. The molecule has 0 atom stereocenters. The summed E-state index contributed by atoms with van der Waals surface area (Å²) < 4.78 is 16.3. The number of nitrogens with zero attached hydrogens (tertiary/aromatic N) is 4. The number of rotatable bonds is 8. The second kappa shape index (κ2) is 18.4. The number of para-hydroxylation sites is 3. The molecule has 4 aliphatic rings.